The van der Waals surface area contributed by atoms with Crippen molar-refractivity contribution in [1.29, 1.82) is 0 Å². The molecule has 2 amide bonds. The quantitative estimate of drug-likeness (QED) is 0.354. The lowest BCUT2D eigenvalue weighted by Gasteiger charge is -2.47. The topological polar surface area (TPSA) is 180 Å². The molecule has 43 heavy (non-hydrogen) atoms. The number of nitrogens with one attached hydrogen (secondary N) is 1. The van der Waals surface area contributed by atoms with Crippen LogP contribution in [0.25, 0.3) is 11.0 Å². The minimum absolute atomic E-state index is 0.0367. The molecule has 5 N–H and O–H groups in total. The van der Waals surface area contributed by atoms with E-state index in [1.54, 1.807) is 20.8 Å². The molecule has 2 bridgehead atoms. The largest absolute Gasteiger partial charge is 0.505 e. The average Bonchev–Trinajstić information content (AvgIpc) is 2.89. The van der Waals surface area contributed by atoms with Crippen molar-refractivity contribution in [3.63, 3.8) is 0 Å². The number of aromatic hydroxyl groups is 1. The molecule has 1 saturated heterocycles. The van der Waals surface area contributed by atoms with Gasteiger partial charge in [-0.15, -0.1) is 0 Å². The summed E-state index contributed by atoms with van der Waals surface area (Å²) in [7, 11) is 1.39. The Morgan fingerprint density at radius 1 is 1.12 bits per heavy atom. The number of hydrogen-bond acceptors (Lipinski definition) is 10. The zero-order valence-corrected chi connectivity index (χ0v) is 25.5. The third-order valence-electron chi connectivity index (χ3n) is 9.42. The number of aliphatic hydroxyl groups excluding tert-OH is 1. The highest BCUT2D eigenvalue weighted by atomic mass is 16.7. The van der Waals surface area contributed by atoms with Crippen molar-refractivity contribution in [3.05, 3.63) is 28.1 Å². The molecule has 1 aromatic heterocycles. The average molecular weight is 603 g/mol. The number of aryl methyl sites for hydroxylation is 1. The Kier molecular flexibility index (Phi) is 8.16. The zero-order valence-electron chi connectivity index (χ0n) is 25.5. The van der Waals surface area contributed by atoms with Crippen molar-refractivity contribution in [3.8, 4) is 11.5 Å². The molecular formula is C31H42N2O10. The number of aliphatic hydroxyl groups is 1. The molecule has 3 fully saturated rings. The maximum absolute atomic E-state index is 13.5. The molecule has 0 spiro atoms. The van der Waals surface area contributed by atoms with E-state index in [-0.39, 0.29) is 28.3 Å². The number of carbonyl (C=O) groups is 2. The Labute approximate surface area is 249 Å². The van der Waals surface area contributed by atoms with E-state index in [4.69, 9.17) is 29.1 Å². The fraction of sp³-hybridized carbons (Fsp3) is 0.645. The van der Waals surface area contributed by atoms with E-state index in [0.29, 0.717) is 23.3 Å². The maximum atomic E-state index is 13.5. The van der Waals surface area contributed by atoms with E-state index in [1.807, 2.05) is 6.92 Å². The van der Waals surface area contributed by atoms with Gasteiger partial charge in [0.05, 0.1) is 11.0 Å². The van der Waals surface area contributed by atoms with E-state index >= 15 is 0 Å². The lowest BCUT2D eigenvalue weighted by atomic mass is 9.59. The van der Waals surface area contributed by atoms with Crippen LogP contribution in [0.4, 0.5) is 10.5 Å². The van der Waals surface area contributed by atoms with Crippen LogP contribution in [-0.4, -0.2) is 59.5 Å². The van der Waals surface area contributed by atoms with Crippen LogP contribution in [0.5, 0.6) is 11.5 Å². The van der Waals surface area contributed by atoms with Crippen LogP contribution in [0.15, 0.2) is 21.3 Å². The third kappa shape index (κ3) is 5.80. The van der Waals surface area contributed by atoms with Crippen molar-refractivity contribution in [2.75, 3.05) is 12.4 Å². The molecule has 0 radical (unpaired) electrons. The van der Waals surface area contributed by atoms with Crippen LogP contribution in [0.1, 0.15) is 65.4 Å². The molecule has 236 valence electrons. The van der Waals surface area contributed by atoms with Gasteiger partial charge in [-0.25, -0.2) is 9.59 Å². The number of primary amides is 1. The van der Waals surface area contributed by atoms with Gasteiger partial charge >= 0.3 is 11.7 Å². The lowest BCUT2D eigenvalue weighted by molar-refractivity contribution is -0.304. The van der Waals surface area contributed by atoms with Crippen molar-refractivity contribution in [2.45, 2.75) is 96.9 Å². The van der Waals surface area contributed by atoms with Crippen molar-refractivity contribution < 1.29 is 43.2 Å². The Hall–Kier alpha value is -3.35. The summed E-state index contributed by atoms with van der Waals surface area (Å²) < 4.78 is 28.1. The van der Waals surface area contributed by atoms with Crippen LogP contribution in [-0.2, 0) is 19.0 Å². The summed E-state index contributed by atoms with van der Waals surface area (Å²) in [4.78, 5) is 38.1. The van der Waals surface area contributed by atoms with Gasteiger partial charge < -0.3 is 44.6 Å². The minimum Gasteiger partial charge on any atom is -0.505 e. The first-order chi connectivity index (χ1) is 20.1. The Morgan fingerprint density at radius 2 is 1.77 bits per heavy atom. The fourth-order valence-corrected chi connectivity index (χ4v) is 7.71. The summed E-state index contributed by atoms with van der Waals surface area (Å²) in [6.07, 6.45) is -1.15. The number of benzene rings is 1. The van der Waals surface area contributed by atoms with Crippen LogP contribution in [0, 0.1) is 30.1 Å². The molecule has 6 atom stereocenters. The first kappa shape index (κ1) is 31.1. The molecule has 5 rings (SSSR count). The fourth-order valence-electron chi connectivity index (χ4n) is 7.71. The van der Waals surface area contributed by atoms with Gasteiger partial charge in [0.1, 0.15) is 17.4 Å². The highest BCUT2D eigenvalue weighted by Crippen LogP contribution is 2.51. The number of rotatable bonds is 6. The van der Waals surface area contributed by atoms with Crippen molar-refractivity contribution in [1.82, 2.24) is 0 Å². The Morgan fingerprint density at radius 3 is 2.37 bits per heavy atom. The van der Waals surface area contributed by atoms with Crippen LogP contribution < -0.4 is 21.4 Å². The van der Waals surface area contributed by atoms with E-state index in [2.05, 4.69) is 12.2 Å². The van der Waals surface area contributed by atoms with E-state index in [9.17, 15) is 24.6 Å². The second kappa shape index (κ2) is 11.3. The van der Waals surface area contributed by atoms with Crippen molar-refractivity contribution >= 4 is 28.7 Å². The first-order valence-corrected chi connectivity index (χ1v) is 14.8. The number of fused-ring (bicyclic) bond motifs is 3. The van der Waals surface area contributed by atoms with Crippen LogP contribution >= 0.6 is 0 Å². The molecule has 2 heterocycles. The van der Waals surface area contributed by atoms with Gasteiger partial charge in [0.25, 0.3) is 0 Å². The minimum atomic E-state index is -1.48. The summed E-state index contributed by atoms with van der Waals surface area (Å²) in [5.41, 5.74) is 2.67. The highest BCUT2D eigenvalue weighted by molar-refractivity contribution is 6.00. The standard InChI is InChI=1S/C31H42N2O10/c1-14-9-16-11-17(10-14)13-31(5,12-16)28(37)33-20-21(34)18-7-8-19(15(2)23(18)41-26(20)36)40-27-22(35)24(42-29(32)38)25(39-6)30(3,4)43-27/h7-8,14,16-17,22,24-25,27,34-35H,9-13H2,1-6H3,(H2,32,38)(H,33,37). The van der Waals surface area contributed by atoms with E-state index in [1.165, 1.54) is 19.2 Å². The Balaban J connectivity index is 1.40. The number of carbonyl (C=O) groups excluding carboxylic acids is 2. The van der Waals surface area contributed by atoms with Crippen LogP contribution in [0.2, 0.25) is 0 Å². The molecule has 1 aliphatic heterocycles. The molecule has 2 aliphatic carbocycles. The lowest BCUT2D eigenvalue weighted by Crippen LogP contribution is -2.65. The molecule has 12 heteroatoms. The van der Waals surface area contributed by atoms with Gasteiger partial charge in [-0.3, -0.25) is 4.79 Å². The van der Waals surface area contributed by atoms with Gasteiger partial charge in [0.2, 0.25) is 12.2 Å². The summed E-state index contributed by atoms with van der Waals surface area (Å²) >= 11 is 0. The van der Waals surface area contributed by atoms with Gasteiger partial charge in [-0.1, -0.05) is 13.8 Å². The molecule has 6 unspecified atom stereocenters. The predicted molar refractivity (Wildman–Crippen MR) is 156 cm³/mol. The predicted octanol–water partition coefficient (Wildman–Crippen LogP) is 3.95. The Bertz CT molecular complexity index is 1450. The smallest absolute Gasteiger partial charge is 0.404 e. The number of nitrogens with two attached hydrogens (primary N) is 1. The number of amides is 2. The monoisotopic (exact) mass is 602 g/mol. The normalized spacial score (nSPS) is 33.5. The highest BCUT2D eigenvalue weighted by Gasteiger charge is 2.53. The second-order valence-corrected chi connectivity index (χ2v) is 13.4. The summed E-state index contributed by atoms with van der Waals surface area (Å²) in [5, 5.41) is 25.0. The number of hydrogen-bond donors (Lipinski definition) is 4. The number of ether oxygens (including phenoxy) is 4. The van der Waals surface area contributed by atoms with Gasteiger partial charge in [-0.2, -0.15) is 0 Å². The molecule has 12 nitrogen and oxygen atoms in total. The molecule has 1 aromatic carbocycles. The second-order valence-electron chi connectivity index (χ2n) is 13.4. The first-order valence-electron chi connectivity index (χ1n) is 14.8. The summed E-state index contributed by atoms with van der Waals surface area (Å²) in [6, 6.07) is 3.00. The SMILES string of the molecule is COC1C(OC(N)=O)C(O)C(Oc2ccc3c(O)c(NC(=O)C4(C)CC5CC(C)CC(C5)C4)c(=O)oc3c2C)OC1(C)C. The number of anilines is 1. The van der Waals surface area contributed by atoms with Gasteiger partial charge in [-0.05, 0) is 82.8 Å². The molecule has 2 aromatic rings. The zero-order chi connectivity index (χ0) is 31.4. The van der Waals surface area contributed by atoms with Crippen LogP contribution in [0.3, 0.4) is 0 Å². The number of methoxy groups -OCH3 is 1. The van der Waals surface area contributed by atoms with E-state index < -0.39 is 53.1 Å². The van der Waals surface area contributed by atoms with E-state index in [0.717, 1.165) is 32.1 Å². The van der Waals surface area contributed by atoms with Gasteiger partial charge in [0.15, 0.2) is 23.6 Å². The molecule has 3 aliphatic rings. The molecule has 2 saturated carbocycles. The van der Waals surface area contributed by atoms with Crippen molar-refractivity contribution in [2.24, 2.45) is 28.9 Å². The molecular weight excluding hydrogens is 560 g/mol. The maximum Gasteiger partial charge on any atom is 0.404 e. The summed E-state index contributed by atoms with van der Waals surface area (Å²) in [6.45, 7) is 9.16. The third-order valence-corrected chi connectivity index (χ3v) is 9.42. The summed E-state index contributed by atoms with van der Waals surface area (Å²) in [5.74, 6) is 1.05. The van der Waals surface area contributed by atoms with Gasteiger partial charge in [0, 0.05) is 18.1 Å².